The molecule has 0 radical (unpaired) electrons. The summed E-state index contributed by atoms with van der Waals surface area (Å²) >= 11 is 0. The van der Waals surface area contributed by atoms with Crippen molar-refractivity contribution < 1.29 is 13.2 Å². The van der Waals surface area contributed by atoms with Gasteiger partial charge in [0.15, 0.2) is 9.84 Å². The largest absolute Gasteiger partial charge is 0.340 e. The maximum absolute atomic E-state index is 12.7. The van der Waals surface area contributed by atoms with Crippen LogP contribution in [0.15, 0.2) is 30.3 Å². The zero-order valence-electron chi connectivity index (χ0n) is 15.5. The molecule has 0 aliphatic carbocycles. The molecule has 144 valence electrons. The summed E-state index contributed by atoms with van der Waals surface area (Å²) in [5.74, 6) is 0.536. The van der Waals surface area contributed by atoms with Gasteiger partial charge in [-0.05, 0) is 25.5 Å². The normalized spacial score (nSPS) is 23.9. The van der Waals surface area contributed by atoms with Crippen LogP contribution in [0.3, 0.4) is 0 Å². The molecule has 2 heterocycles. The Labute approximate surface area is 156 Å². The maximum atomic E-state index is 12.7. The Hall–Kier alpha value is -1.44. The third kappa shape index (κ3) is 5.28. The lowest BCUT2D eigenvalue weighted by molar-refractivity contribution is -0.132. The molecule has 2 aliphatic rings. The standard InChI is InChI=1S/C19H29N3O3S/c1-20(18-8-13-26(24,25)16-18)15-19(23)22-10-5-9-21(11-12-22)14-17-6-3-2-4-7-17/h2-4,6-7,18H,5,8-16H2,1H3. The second-order valence-corrected chi connectivity index (χ2v) is 9.70. The molecule has 1 aromatic rings. The van der Waals surface area contributed by atoms with Gasteiger partial charge in [0, 0.05) is 38.8 Å². The predicted molar refractivity (Wildman–Crippen MR) is 103 cm³/mol. The number of amides is 1. The van der Waals surface area contributed by atoms with Crippen molar-refractivity contribution in [2.24, 2.45) is 0 Å². The summed E-state index contributed by atoms with van der Waals surface area (Å²) < 4.78 is 23.3. The van der Waals surface area contributed by atoms with Gasteiger partial charge in [0.05, 0.1) is 18.1 Å². The summed E-state index contributed by atoms with van der Waals surface area (Å²) in [4.78, 5) is 18.9. The van der Waals surface area contributed by atoms with Crippen molar-refractivity contribution in [3.63, 3.8) is 0 Å². The van der Waals surface area contributed by atoms with Gasteiger partial charge in [-0.3, -0.25) is 14.6 Å². The fourth-order valence-corrected chi connectivity index (χ4v) is 5.59. The number of rotatable bonds is 5. The van der Waals surface area contributed by atoms with Gasteiger partial charge in [0.25, 0.3) is 0 Å². The van der Waals surface area contributed by atoms with Crippen molar-refractivity contribution in [3.05, 3.63) is 35.9 Å². The number of carbonyl (C=O) groups is 1. The topological polar surface area (TPSA) is 60.9 Å². The monoisotopic (exact) mass is 379 g/mol. The van der Waals surface area contributed by atoms with Crippen molar-refractivity contribution in [2.45, 2.75) is 25.4 Å². The Kier molecular flexibility index (Phi) is 6.32. The lowest BCUT2D eigenvalue weighted by Crippen LogP contribution is -2.44. The fourth-order valence-electron chi connectivity index (χ4n) is 3.79. The molecule has 7 heteroatoms. The highest BCUT2D eigenvalue weighted by Gasteiger charge is 2.32. The van der Waals surface area contributed by atoms with E-state index in [9.17, 15) is 13.2 Å². The fraction of sp³-hybridized carbons (Fsp3) is 0.632. The first-order chi connectivity index (χ1) is 12.4. The van der Waals surface area contributed by atoms with E-state index in [4.69, 9.17) is 0 Å². The number of sulfone groups is 1. The Morgan fingerprint density at radius 2 is 1.92 bits per heavy atom. The van der Waals surface area contributed by atoms with E-state index in [0.717, 1.165) is 39.1 Å². The first kappa shape index (κ1) is 19.3. The number of likely N-dealkylation sites (N-methyl/N-ethyl adjacent to an activating group) is 1. The minimum atomic E-state index is -2.92. The molecule has 2 fully saturated rings. The van der Waals surface area contributed by atoms with Gasteiger partial charge in [-0.25, -0.2) is 8.42 Å². The van der Waals surface area contributed by atoms with Crippen molar-refractivity contribution >= 4 is 15.7 Å². The quantitative estimate of drug-likeness (QED) is 0.759. The average Bonchev–Trinajstić information content (AvgIpc) is 2.83. The van der Waals surface area contributed by atoms with E-state index in [1.54, 1.807) is 0 Å². The van der Waals surface area contributed by atoms with E-state index in [2.05, 4.69) is 29.2 Å². The Balaban J connectivity index is 1.48. The number of benzene rings is 1. The highest BCUT2D eigenvalue weighted by molar-refractivity contribution is 7.91. The molecule has 0 saturated carbocycles. The molecule has 3 rings (SSSR count). The lowest BCUT2D eigenvalue weighted by atomic mass is 10.2. The third-order valence-electron chi connectivity index (χ3n) is 5.41. The Bertz CT molecular complexity index is 708. The molecule has 2 saturated heterocycles. The summed E-state index contributed by atoms with van der Waals surface area (Å²) in [6.07, 6.45) is 1.61. The molecule has 26 heavy (non-hydrogen) atoms. The van der Waals surface area contributed by atoms with Crippen LogP contribution < -0.4 is 0 Å². The maximum Gasteiger partial charge on any atom is 0.236 e. The minimum Gasteiger partial charge on any atom is -0.340 e. The minimum absolute atomic E-state index is 0.0227. The summed E-state index contributed by atoms with van der Waals surface area (Å²) in [7, 11) is -1.05. The molecule has 0 spiro atoms. The van der Waals surface area contributed by atoms with Crippen molar-refractivity contribution in [2.75, 3.05) is 51.3 Å². The summed E-state index contributed by atoms with van der Waals surface area (Å²) in [5.41, 5.74) is 1.30. The lowest BCUT2D eigenvalue weighted by Gasteiger charge is -2.27. The van der Waals surface area contributed by atoms with Gasteiger partial charge in [0.2, 0.25) is 5.91 Å². The average molecular weight is 380 g/mol. The summed E-state index contributed by atoms with van der Waals surface area (Å²) in [6.45, 7) is 4.61. The predicted octanol–water partition coefficient (Wildman–Crippen LogP) is 0.840. The van der Waals surface area contributed by atoms with E-state index in [1.165, 1.54) is 5.56 Å². The molecule has 1 atom stereocenters. The second-order valence-electron chi connectivity index (χ2n) is 7.47. The molecule has 0 N–H and O–H groups in total. The number of carbonyl (C=O) groups excluding carboxylic acids is 1. The van der Waals surface area contributed by atoms with Crippen LogP contribution in [0.5, 0.6) is 0 Å². The van der Waals surface area contributed by atoms with Crippen LogP contribution in [0.1, 0.15) is 18.4 Å². The number of hydrogen-bond acceptors (Lipinski definition) is 5. The zero-order valence-corrected chi connectivity index (χ0v) is 16.3. The second kappa shape index (κ2) is 8.50. The molecular weight excluding hydrogens is 350 g/mol. The van der Waals surface area contributed by atoms with E-state index in [1.807, 2.05) is 22.9 Å². The smallest absolute Gasteiger partial charge is 0.236 e. The highest BCUT2D eigenvalue weighted by atomic mass is 32.2. The van der Waals surface area contributed by atoms with Gasteiger partial charge in [-0.1, -0.05) is 30.3 Å². The summed E-state index contributed by atoms with van der Waals surface area (Å²) in [5, 5.41) is 0. The number of nitrogens with zero attached hydrogens (tertiary/aromatic N) is 3. The van der Waals surface area contributed by atoms with Crippen molar-refractivity contribution in [1.82, 2.24) is 14.7 Å². The third-order valence-corrected chi connectivity index (χ3v) is 7.16. The van der Waals surface area contributed by atoms with Crippen LogP contribution in [0.25, 0.3) is 0 Å². The van der Waals surface area contributed by atoms with Gasteiger partial charge >= 0.3 is 0 Å². The molecule has 1 amide bonds. The van der Waals surface area contributed by atoms with Crippen LogP contribution in [-0.4, -0.2) is 86.3 Å². The van der Waals surface area contributed by atoms with Gasteiger partial charge < -0.3 is 4.90 Å². The van der Waals surface area contributed by atoms with Crippen molar-refractivity contribution in [1.29, 1.82) is 0 Å². The van der Waals surface area contributed by atoms with Crippen LogP contribution in [-0.2, 0) is 21.2 Å². The molecule has 2 aliphatic heterocycles. The molecule has 1 unspecified atom stereocenters. The zero-order chi connectivity index (χ0) is 18.6. The number of hydrogen-bond donors (Lipinski definition) is 0. The first-order valence-electron chi connectivity index (χ1n) is 9.38. The first-order valence-corrected chi connectivity index (χ1v) is 11.2. The Morgan fingerprint density at radius 3 is 2.62 bits per heavy atom. The van der Waals surface area contributed by atoms with Gasteiger partial charge in [-0.2, -0.15) is 0 Å². The van der Waals surface area contributed by atoms with Crippen LogP contribution in [0, 0.1) is 0 Å². The molecular formula is C19H29N3O3S. The van der Waals surface area contributed by atoms with Gasteiger partial charge in [0.1, 0.15) is 0 Å². The van der Waals surface area contributed by atoms with Crippen LogP contribution in [0.4, 0.5) is 0 Å². The van der Waals surface area contributed by atoms with E-state index < -0.39 is 9.84 Å². The van der Waals surface area contributed by atoms with Crippen LogP contribution in [0.2, 0.25) is 0 Å². The molecule has 0 aromatic heterocycles. The molecule has 0 bridgehead atoms. The molecule has 1 aromatic carbocycles. The highest BCUT2D eigenvalue weighted by Crippen LogP contribution is 2.17. The van der Waals surface area contributed by atoms with E-state index in [-0.39, 0.29) is 23.5 Å². The van der Waals surface area contributed by atoms with E-state index >= 15 is 0 Å². The SMILES string of the molecule is CN(CC(=O)N1CCCN(Cc2ccccc2)CC1)C1CCS(=O)(=O)C1. The van der Waals surface area contributed by atoms with Crippen LogP contribution >= 0.6 is 0 Å². The van der Waals surface area contributed by atoms with Crippen molar-refractivity contribution in [3.8, 4) is 0 Å². The van der Waals surface area contributed by atoms with E-state index in [0.29, 0.717) is 13.0 Å². The summed E-state index contributed by atoms with van der Waals surface area (Å²) in [6, 6.07) is 10.4. The van der Waals surface area contributed by atoms with Gasteiger partial charge in [-0.15, -0.1) is 0 Å². The molecule has 6 nitrogen and oxygen atoms in total. The Morgan fingerprint density at radius 1 is 1.15 bits per heavy atom.